The molecule has 0 saturated carbocycles. The lowest BCUT2D eigenvalue weighted by molar-refractivity contribution is -0.0513. The molecule has 24 heavy (non-hydrogen) atoms. The summed E-state index contributed by atoms with van der Waals surface area (Å²) in [6.45, 7) is 1.23. The first-order chi connectivity index (χ1) is 11.8. The molecule has 0 aliphatic carbocycles. The molecule has 1 aromatic heterocycles. The zero-order valence-corrected chi connectivity index (χ0v) is 14.2. The van der Waals surface area contributed by atoms with Gasteiger partial charge in [-0.25, -0.2) is 4.68 Å². The van der Waals surface area contributed by atoms with Crippen molar-refractivity contribution in [2.24, 2.45) is 0 Å². The van der Waals surface area contributed by atoms with Crippen LogP contribution in [-0.2, 0) is 29.0 Å². The van der Waals surface area contributed by atoms with Gasteiger partial charge in [-0.1, -0.05) is 35.5 Å². The lowest BCUT2D eigenvalue weighted by Gasteiger charge is -2.20. The number of hydrogen-bond donors (Lipinski definition) is 1. The summed E-state index contributed by atoms with van der Waals surface area (Å²) in [4.78, 5) is 0. The fourth-order valence-corrected chi connectivity index (χ4v) is 2.91. The number of rotatable bonds is 8. The molecule has 1 aliphatic rings. The fraction of sp³-hybridized carbons (Fsp3) is 0.529. The Kier molecular flexibility index (Phi) is 6.20. The lowest BCUT2D eigenvalue weighted by Crippen LogP contribution is -2.35. The highest BCUT2D eigenvalue weighted by molar-refractivity contribution is 6.17. The monoisotopic (exact) mass is 351 g/mol. The van der Waals surface area contributed by atoms with Crippen LogP contribution in [0.5, 0.6) is 0 Å². The summed E-state index contributed by atoms with van der Waals surface area (Å²) in [7, 11) is 0. The number of aliphatic hydroxyl groups is 1. The van der Waals surface area contributed by atoms with Crippen LogP contribution in [0.15, 0.2) is 36.5 Å². The Balaban J connectivity index is 1.56. The minimum Gasteiger partial charge on any atom is -0.388 e. The highest BCUT2D eigenvalue weighted by atomic mass is 35.5. The molecular formula is C17H22ClN3O3. The second-order valence-electron chi connectivity index (χ2n) is 5.92. The SMILES string of the molecule is O[C@@H]1CO[C@@H](Cn2cc(CCCCl)nn2)[C@@H]1OCc1ccccc1. The van der Waals surface area contributed by atoms with Gasteiger partial charge in [-0.3, -0.25) is 0 Å². The summed E-state index contributed by atoms with van der Waals surface area (Å²) in [5.41, 5.74) is 1.98. The molecule has 0 radical (unpaired) electrons. The van der Waals surface area contributed by atoms with E-state index in [1.807, 2.05) is 36.5 Å². The number of halogens is 1. The molecule has 1 saturated heterocycles. The predicted octanol–water partition coefficient (Wildman–Crippen LogP) is 1.79. The zero-order chi connectivity index (χ0) is 16.8. The Labute approximate surface area is 146 Å². The summed E-state index contributed by atoms with van der Waals surface area (Å²) in [6.07, 6.45) is 2.34. The zero-order valence-electron chi connectivity index (χ0n) is 13.4. The molecule has 0 unspecified atom stereocenters. The number of aromatic nitrogens is 3. The van der Waals surface area contributed by atoms with Crippen molar-refractivity contribution >= 4 is 11.6 Å². The van der Waals surface area contributed by atoms with Crippen LogP contribution >= 0.6 is 11.6 Å². The molecule has 0 bridgehead atoms. The fourth-order valence-electron chi connectivity index (χ4n) is 2.78. The van der Waals surface area contributed by atoms with E-state index in [0.29, 0.717) is 19.0 Å². The minimum absolute atomic E-state index is 0.244. The molecule has 1 N–H and O–H groups in total. The number of nitrogens with zero attached hydrogens (tertiary/aromatic N) is 3. The number of hydrogen-bond acceptors (Lipinski definition) is 5. The van der Waals surface area contributed by atoms with Crippen LogP contribution in [0.25, 0.3) is 0 Å². The Morgan fingerprint density at radius 2 is 2.17 bits per heavy atom. The Morgan fingerprint density at radius 1 is 1.33 bits per heavy atom. The second kappa shape index (κ2) is 8.58. The molecule has 2 aromatic rings. The average molecular weight is 352 g/mol. The lowest BCUT2D eigenvalue weighted by atomic mass is 10.1. The van der Waals surface area contributed by atoms with Gasteiger partial charge >= 0.3 is 0 Å². The largest absolute Gasteiger partial charge is 0.388 e. The van der Waals surface area contributed by atoms with Gasteiger partial charge in [-0.15, -0.1) is 16.7 Å². The van der Waals surface area contributed by atoms with Crippen molar-refractivity contribution in [3.8, 4) is 0 Å². The van der Waals surface area contributed by atoms with Gasteiger partial charge in [0.25, 0.3) is 0 Å². The molecule has 3 atom stereocenters. The first-order valence-corrected chi connectivity index (χ1v) is 8.70. The molecule has 6 nitrogen and oxygen atoms in total. The van der Waals surface area contributed by atoms with Crippen molar-refractivity contribution < 1.29 is 14.6 Å². The normalized spacial score (nSPS) is 23.7. The standard InChI is InChI=1S/C17H22ClN3O3/c18-8-4-7-14-9-21(20-19-14)10-16-17(15(22)12-23-16)24-11-13-5-2-1-3-6-13/h1-3,5-6,9,15-17,22H,4,7-8,10-12H2/t15-,16+,17-/m1/s1. The summed E-state index contributed by atoms with van der Waals surface area (Å²) in [5, 5.41) is 18.4. The maximum absolute atomic E-state index is 10.1. The van der Waals surface area contributed by atoms with Gasteiger partial charge in [-0.05, 0) is 18.4 Å². The molecule has 0 amide bonds. The van der Waals surface area contributed by atoms with Crippen LogP contribution in [0.4, 0.5) is 0 Å². The van der Waals surface area contributed by atoms with Gasteiger partial charge in [0.1, 0.15) is 18.3 Å². The molecule has 1 aromatic carbocycles. The van der Waals surface area contributed by atoms with Crippen molar-refractivity contribution in [2.45, 2.75) is 44.3 Å². The van der Waals surface area contributed by atoms with Gasteiger partial charge in [0.2, 0.25) is 0 Å². The van der Waals surface area contributed by atoms with E-state index in [1.165, 1.54) is 0 Å². The summed E-state index contributed by atoms with van der Waals surface area (Å²) in [5.74, 6) is 0.611. The van der Waals surface area contributed by atoms with E-state index >= 15 is 0 Å². The van der Waals surface area contributed by atoms with E-state index < -0.39 is 6.10 Å². The summed E-state index contributed by atoms with van der Waals surface area (Å²) in [6, 6.07) is 9.90. The summed E-state index contributed by atoms with van der Waals surface area (Å²) >= 11 is 5.70. The number of ether oxygens (including phenoxy) is 2. The van der Waals surface area contributed by atoms with Crippen LogP contribution in [0, 0.1) is 0 Å². The van der Waals surface area contributed by atoms with Gasteiger partial charge in [0.15, 0.2) is 0 Å². The molecule has 1 fully saturated rings. The third-order valence-corrected chi connectivity index (χ3v) is 4.30. The predicted molar refractivity (Wildman–Crippen MR) is 89.8 cm³/mol. The van der Waals surface area contributed by atoms with Crippen molar-refractivity contribution in [1.29, 1.82) is 0 Å². The smallest absolute Gasteiger partial charge is 0.114 e. The Morgan fingerprint density at radius 3 is 2.96 bits per heavy atom. The van der Waals surface area contributed by atoms with Crippen molar-refractivity contribution in [2.75, 3.05) is 12.5 Å². The van der Waals surface area contributed by atoms with E-state index in [0.717, 1.165) is 24.1 Å². The average Bonchev–Trinajstić information content (AvgIpc) is 3.19. The third-order valence-electron chi connectivity index (χ3n) is 4.03. The number of aliphatic hydroxyl groups excluding tert-OH is 1. The Hall–Kier alpha value is -1.47. The number of alkyl halides is 1. The first-order valence-electron chi connectivity index (χ1n) is 8.16. The summed E-state index contributed by atoms with van der Waals surface area (Å²) < 4.78 is 13.3. The second-order valence-corrected chi connectivity index (χ2v) is 6.30. The van der Waals surface area contributed by atoms with Gasteiger partial charge in [-0.2, -0.15) is 0 Å². The number of benzene rings is 1. The quantitative estimate of drug-likeness (QED) is 0.734. The maximum Gasteiger partial charge on any atom is 0.114 e. The van der Waals surface area contributed by atoms with E-state index in [2.05, 4.69) is 10.3 Å². The highest BCUT2D eigenvalue weighted by Gasteiger charge is 2.37. The van der Waals surface area contributed by atoms with Crippen LogP contribution in [0.1, 0.15) is 17.7 Å². The molecular weight excluding hydrogens is 330 g/mol. The van der Waals surface area contributed by atoms with E-state index in [9.17, 15) is 5.11 Å². The molecule has 130 valence electrons. The number of aryl methyl sites for hydroxylation is 1. The van der Waals surface area contributed by atoms with E-state index in [1.54, 1.807) is 4.68 Å². The first kappa shape index (κ1) is 17.4. The maximum atomic E-state index is 10.1. The molecule has 7 heteroatoms. The molecule has 0 spiro atoms. The van der Waals surface area contributed by atoms with Crippen LogP contribution < -0.4 is 0 Å². The van der Waals surface area contributed by atoms with Crippen LogP contribution in [0.2, 0.25) is 0 Å². The van der Waals surface area contributed by atoms with Crippen molar-refractivity contribution in [3.63, 3.8) is 0 Å². The molecule has 2 heterocycles. The van der Waals surface area contributed by atoms with Gasteiger partial charge < -0.3 is 14.6 Å². The van der Waals surface area contributed by atoms with E-state index in [4.69, 9.17) is 21.1 Å². The van der Waals surface area contributed by atoms with Crippen LogP contribution in [0.3, 0.4) is 0 Å². The minimum atomic E-state index is -0.627. The van der Waals surface area contributed by atoms with Gasteiger partial charge in [0, 0.05) is 12.1 Å². The van der Waals surface area contributed by atoms with E-state index in [-0.39, 0.29) is 18.8 Å². The Bertz CT molecular complexity index is 623. The molecule has 3 rings (SSSR count). The highest BCUT2D eigenvalue weighted by Crippen LogP contribution is 2.21. The van der Waals surface area contributed by atoms with Gasteiger partial charge in [0.05, 0.1) is 25.5 Å². The molecule has 1 aliphatic heterocycles. The van der Waals surface area contributed by atoms with Crippen molar-refractivity contribution in [1.82, 2.24) is 15.0 Å². The topological polar surface area (TPSA) is 69.4 Å². The van der Waals surface area contributed by atoms with Crippen LogP contribution in [-0.4, -0.2) is 50.9 Å². The van der Waals surface area contributed by atoms with Crippen molar-refractivity contribution in [3.05, 3.63) is 47.8 Å². The third kappa shape index (κ3) is 4.54.